The molecule has 1 atom stereocenters. The van der Waals surface area contributed by atoms with Crippen LogP contribution in [0.3, 0.4) is 0 Å². The molecule has 1 aliphatic rings. The van der Waals surface area contributed by atoms with Gasteiger partial charge in [0.05, 0.1) is 12.5 Å². The molecular weight excluding hydrogens is 322 g/mol. The molecule has 0 bridgehead atoms. The normalized spacial score (nSPS) is 16.8. The highest BCUT2D eigenvalue weighted by molar-refractivity contribution is 5.79. The molecule has 26 heavy (non-hydrogen) atoms. The second kappa shape index (κ2) is 7.16. The van der Waals surface area contributed by atoms with Crippen molar-refractivity contribution in [1.82, 2.24) is 14.5 Å². The van der Waals surface area contributed by atoms with E-state index >= 15 is 0 Å². The van der Waals surface area contributed by atoms with Crippen molar-refractivity contribution < 1.29 is 4.79 Å². The highest BCUT2D eigenvalue weighted by atomic mass is 16.2. The molecule has 1 aromatic heterocycles. The van der Waals surface area contributed by atoms with Gasteiger partial charge in [-0.2, -0.15) is 0 Å². The van der Waals surface area contributed by atoms with Crippen molar-refractivity contribution in [2.24, 2.45) is 0 Å². The fraction of sp³-hybridized carbons (Fsp3) is 0.273. The van der Waals surface area contributed by atoms with E-state index in [2.05, 4.69) is 28.6 Å². The number of carbonyl (C=O) groups excluding carboxylic acids is 1. The maximum Gasteiger partial charge on any atom is 0.227 e. The first-order valence-corrected chi connectivity index (χ1v) is 9.13. The average molecular weight is 345 g/mol. The van der Waals surface area contributed by atoms with Crippen LogP contribution in [0.5, 0.6) is 0 Å². The minimum atomic E-state index is 0.206. The highest BCUT2D eigenvalue weighted by Crippen LogP contribution is 2.29. The first-order valence-electron chi connectivity index (χ1n) is 9.13. The molecule has 1 fully saturated rings. The quantitative estimate of drug-likeness (QED) is 0.720. The molecule has 0 saturated carbocycles. The zero-order chi connectivity index (χ0) is 17.9. The summed E-state index contributed by atoms with van der Waals surface area (Å²) in [6.07, 6.45) is 3.37. The lowest BCUT2D eigenvalue weighted by atomic mass is 10.1. The van der Waals surface area contributed by atoms with Gasteiger partial charge in [-0.25, -0.2) is 4.98 Å². The fourth-order valence-electron chi connectivity index (χ4n) is 3.77. The van der Waals surface area contributed by atoms with Crippen LogP contribution in [-0.4, -0.2) is 33.4 Å². The zero-order valence-electron chi connectivity index (χ0n) is 15.0. The van der Waals surface area contributed by atoms with Crippen LogP contribution in [0.15, 0.2) is 66.9 Å². The lowest BCUT2D eigenvalue weighted by Crippen LogP contribution is -2.30. The molecule has 1 saturated heterocycles. The zero-order valence-corrected chi connectivity index (χ0v) is 15.0. The maximum absolute atomic E-state index is 12.7. The molecule has 4 heteroatoms. The number of rotatable bonds is 4. The van der Waals surface area contributed by atoms with E-state index in [-0.39, 0.29) is 11.9 Å². The summed E-state index contributed by atoms with van der Waals surface area (Å²) in [5.74, 6) is 1.20. The third kappa shape index (κ3) is 3.27. The Labute approximate surface area is 154 Å². The van der Waals surface area contributed by atoms with Gasteiger partial charge in [0.2, 0.25) is 5.91 Å². The van der Waals surface area contributed by atoms with Crippen molar-refractivity contribution in [2.75, 3.05) is 13.1 Å². The number of hydrogen-bond donors (Lipinski definition) is 0. The molecule has 3 aromatic rings. The minimum Gasteiger partial charge on any atom is -0.340 e. The van der Waals surface area contributed by atoms with Gasteiger partial charge < -0.3 is 9.47 Å². The Bertz CT molecular complexity index is 886. The SMILES string of the molecule is Cc1cnc(-c2ccccc2)n1C1CCN(C(=O)Cc2ccccc2)C1. The van der Waals surface area contributed by atoms with Crippen LogP contribution in [0.4, 0.5) is 0 Å². The van der Waals surface area contributed by atoms with E-state index in [1.54, 1.807) is 0 Å². The Kier molecular flexibility index (Phi) is 4.57. The number of nitrogens with zero attached hydrogens (tertiary/aromatic N) is 3. The van der Waals surface area contributed by atoms with Crippen LogP contribution < -0.4 is 0 Å². The van der Waals surface area contributed by atoms with E-state index in [0.717, 1.165) is 42.2 Å². The molecule has 1 unspecified atom stereocenters. The van der Waals surface area contributed by atoms with Gasteiger partial charge in [0.25, 0.3) is 0 Å². The Hall–Kier alpha value is -2.88. The summed E-state index contributed by atoms with van der Waals surface area (Å²) in [5.41, 5.74) is 3.34. The predicted molar refractivity (Wildman–Crippen MR) is 103 cm³/mol. The van der Waals surface area contributed by atoms with Gasteiger partial charge in [-0.05, 0) is 18.9 Å². The lowest BCUT2D eigenvalue weighted by molar-refractivity contribution is -0.129. The van der Waals surface area contributed by atoms with Crippen LogP contribution >= 0.6 is 0 Å². The summed E-state index contributed by atoms with van der Waals surface area (Å²) in [6.45, 7) is 3.65. The second-order valence-corrected chi connectivity index (χ2v) is 6.90. The van der Waals surface area contributed by atoms with Crippen molar-refractivity contribution in [2.45, 2.75) is 25.8 Å². The number of amides is 1. The largest absolute Gasteiger partial charge is 0.340 e. The molecular formula is C22H23N3O. The molecule has 0 N–H and O–H groups in total. The van der Waals surface area contributed by atoms with Crippen LogP contribution in [0, 0.1) is 6.92 Å². The smallest absolute Gasteiger partial charge is 0.227 e. The predicted octanol–water partition coefficient (Wildman–Crippen LogP) is 3.87. The van der Waals surface area contributed by atoms with Gasteiger partial charge in [-0.3, -0.25) is 4.79 Å². The number of aryl methyl sites for hydroxylation is 1. The van der Waals surface area contributed by atoms with E-state index in [0.29, 0.717) is 6.42 Å². The highest BCUT2D eigenvalue weighted by Gasteiger charge is 2.29. The molecule has 1 amide bonds. The minimum absolute atomic E-state index is 0.206. The molecule has 0 aliphatic carbocycles. The first-order chi connectivity index (χ1) is 12.7. The maximum atomic E-state index is 12.7. The van der Waals surface area contributed by atoms with Crippen LogP contribution in [0.2, 0.25) is 0 Å². The van der Waals surface area contributed by atoms with Crippen molar-refractivity contribution >= 4 is 5.91 Å². The summed E-state index contributed by atoms with van der Waals surface area (Å²) in [5, 5.41) is 0. The molecule has 4 rings (SSSR count). The van der Waals surface area contributed by atoms with Crippen LogP contribution in [-0.2, 0) is 11.2 Å². The topological polar surface area (TPSA) is 38.1 Å². The second-order valence-electron chi connectivity index (χ2n) is 6.90. The van der Waals surface area contributed by atoms with Gasteiger partial charge in [0.1, 0.15) is 5.82 Å². The molecule has 2 aromatic carbocycles. The van der Waals surface area contributed by atoms with Gasteiger partial charge in [-0.15, -0.1) is 0 Å². The number of carbonyl (C=O) groups is 1. The Morgan fingerprint density at radius 3 is 2.50 bits per heavy atom. The number of likely N-dealkylation sites (tertiary alicyclic amines) is 1. The Balaban J connectivity index is 1.51. The van der Waals surface area contributed by atoms with Crippen LogP contribution in [0.25, 0.3) is 11.4 Å². The van der Waals surface area contributed by atoms with E-state index in [1.807, 2.05) is 59.6 Å². The van der Waals surface area contributed by atoms with Crippen molar-refractivity contribution in [3.8, 4) is 11.4 Å². The van der Waals surface area contributed by atoms with Crippen LogP contribution in [0.1, 0.15) is 23.7 Å². The summed E-state index contributed by atoms with van der Waals surface area (Å²) in [7, 11) is 0. The van der Waals surface area contributed by atoms with E-state index < -0.39 is 0 Å². The van der Waals surface area contributed by atoms with E-state index in [9.17, 15) is 4.79 Å². The molecule has 1 aliphatic heterocycles. The third-order valence-electron chi connectivity index (χ3n) is 5.09. The van der Waals surface area contributed by atoms with E-state index in [1.165, 1.54) is 0 Å². The summed E-state index contributed by atoms with van der Waals surface area (Å²) < 4.78 is 2.30. The average Bonchev–Trinajstić information content (AvgIpc) is 3.30. The summed E-state index contributed by atoms with van der Waals surface area (Å²) in [4.78, 5) is 19.3. The Morgan fingerprint density at radius 2 is 1.77 bits per heavy atom. The third-order valence-corrected chi connectivity index (χ3v) is 5.09. The van der Waals surface area contributed by atoms with Gasteiger partial charge in [0, 0.05) is 30.5 Å². The number of aromatic nitrogens is 2. The standard InChI is InChI=1S/C22H23N3O/c1-17-15-23-22(19-10-6-3-7-11-19)25(17)20-12-13-24(16-20)21(26)14-18-8-4-2-5-9-18/h2-11,15,20H,12-14,16H2,1H3. The Morgan fingerprint density at radius 1 is 1.08 bits per heavy atom. The van der Waals surface area contributed by atoms with Crippen molar-refractivity contribution in [1.29, 1.82) is 0 Å². The number of benzene rings is 2. The molecule has 0 radical (unpaired) electrons. The molecule has 4 nitrogen and oxygen atoms in total. The lowest BCUT2D eigenvalue weighted by Gasteiger charge is -2.20. The fourth-order valence-corrected chi connectivity index (χ4v) is 3.77. The van der Waals surface area contributed by atoms with Crippen molar-refractivity contribution in [3.63, 3.8) is 0 Å². The van der Waals surface area contributed by atoms with Gasteiger partial charge in [0.15, 0.2) is 0 Å². The van der Waals surface area contributed by atoms with E-state index in [4.69, 9.17) is 0 Å². The number of imidazole rings is 1. The van der Waals surface area contributed by atoms with Gasteiger partial charge in [-0.1, -0.05) is 60.7 Å². The monoisotopic (exact) mass is 345 g/mol. The molecule has 0 spiro atoms. The number of hydrogen-bond acceptors (Lipinski definition) is 2. The van der Waals surface area contributed by atoms with Crippen molar-refractivity contribution in [3.05, 3.63) is 78.1 Å². The van der Waals surface area contributed by atoms with Gasteiger partial charge >= 0.3 is 0 Å². The summed E-state index contributed by atoms with van der Waals surface area (Å²) >= 11 is 0. The molecule has 132 valence electrons. The first kappa shape index (κ1) is 16.6. The molecule has 2 heterocycles. The summed E-state index contributed by atoms with van der Waals surface area (Å²) in [6, 6.07) is 20.5.